The Labute approximate surface area is 106 Å². The summed E-state index contributed by atoms with van der Waals surface area (Å²) >= 11 is 1.72. The fourth-order valence-corrected chi connectivity index (χ4v) is 3.10. The van der Waals surface area contributed by atoms with E-state index in [1.165, 1.54) is 4.88 Å². The normalized spacial score (nSPS) is 15.1. The average molecular weight is 250 g/mol. The van der Waals surface area contributed by atoms with Gasteiger partial charge in [0.05, 0.1) is 11.8 Å². The number of nitrogens with zero attached hydrogens (tertiary/aromatic N) is 2. The second kappa shape index (κ2) is 5.10. The largest absolute Gasteiger partial charge is 0.393 e. The van der Waals surface area contributed by atoms with Gasteiger partial charge in [-0.3, -0.25) is 0 Å². The zero-order valence-corrected chi connectivity index (χ0v) is 11.3. The third-order valence-electron chi connectivity index (χ3n) is 3.13. The molecule has 3 nitrogen and oxygen atoms in total. The minimum Gasteiger partial charge on any atom is -0.393 e. The Kier molecular flexibility index (Phi) is 3.74. The monoisotopic (exact) mass is 250 g/mol. The number of hydrogen-bond donors (Lipinski definition) is 1. The molecule has 2 atom stereocenters. The van der Waals surface area contributed by atoms with E-state index in [1.807, 2.05) is 6.92 Å². The van der Waals surface area contributed by atoms with Gasteiger partial charge in [0, 0.05) is 16.2 Å². The standard InChI is InChI=1S/C13H18N2OS/c1-4-9-6-11-12(10(5-2)8(3)16)14-7-15-13(11)17-9/h6-8,10,16H,4-5H2,1-3H3. The van der Waals surface area contributed by atoms with Crippen molar-refractivity contribution in [2.45, 2.75) is 45.6 Å². The molecule has 0 fully saturated rings. The highest BCUT2D eigenvalue weighted by Crippen LogP contribution is 2.32. The summed E-state index contributed by atoms with van der Waals surface area (Å²) < 4.78 is 0. The maximum atomic E-state index is 9.83. The Morgan fingerprint density at radius 2 is 2.12 bits per heavy atom. The second-order valence-electron chi connectivity index (χ2n) is 4.30. The van der Waals surface area contributed by atoms with Crippen LogP contribution < -0.4 is 0 Å². The minimum atomic E-state index is -0.372. The van der Waals surface area contributed by atoms with E-state index in [0.717, 1.165) is 28.8 Å². The third kappa shape index (κ3) is 2.33. The lowest BCUT2D eigenvalue weighted by molar-refractivity contribution is 0.158. The van der Waals surface area contributed by atoms with Crippen molar-refractivity contribution < 1.29 is 5.11 Å². The van der Waals surface area contributed by atoms with Crippen LogP contribution in [0.2, 0.25) is 0 Å². The average Bonchev–Trinajstić information content (AvgIpc) is 2.73. The summed E-state index contributed by atoms with van der Waals surface area (Å²) in [6.07, 6.45) is 3.15. The molecule has 0 radical (unpaired) electrons. The van der Waals surface area contributed by atoms with Gasteiger partial charge in [-0.25, -0.2) is 9.97 Å². The number of aryl methyl sites for hydroxylation is 1. The first-order valence-electron chi connectivity index (χ1n) is 6.08. The molecular weight excluding hydrogens is 232 g/mol. The summed E-state index contributed by atoms with van der Waals surface area (Å²) in [6, 6.07) is 2.17. The zero-order valence-electron chi connectivity index (χ0n) is 10.5. The third-order valence-corrected chi connectivity index (χ3v) is 4.32. The summed E-state index contributed by atoms with van der Waals surface area (Å²) in [5, 5.41) is 10.9. The quantitative estimate of drug-likeness (QED) is 0.906. The lowest BCUT2D eigenvalue weighted by atomic mass is 9.94. The molecule has 0 spiro atoms. The van der Waals surface area contributed by atoms with Crippen molar-refractivity contribution in [3.8, 4) is 0 Å². The van der Waals surface area contributed by atoms with E-state index in [1.54, 1.807) is 17.7 Å². The van der Waals surface area contributed by atoms with Crippen LogP contribution in [0.4, 0.5) is 0 Å². The van der Waals surface area contributed by atoms with Crippen molar-refractivity contribution in [3.63, 3.8) is 0 Å². The SMILES string of the molecule is CCc1cc2c(C(CC)C(C)O)ncnc2s1. The van der Waals surface area contributed by atoms with Gasteiger partial charge in [-0.2, -0.15) is 0 Å². The number of thiophene rings is 1. The Balaban J connectivity index is 2.56. The van der Waals surface area contributed by atoms with Crippen LogP contribution in [0.1, 0.15) is 43.7 Å². The first kappa shape index (κ1) is 12.5. The predicted molar refractivity (Wildman–Crippen MR) is 71.5 cm³/mol. The van der Waals surface area contributed by atoms with Gasteiger partial charge in [0.25, 0.3) is 0 Å². The van der Waals surface area contributed by atoms with Gasteiger partial charge >= 0.3 is 0 Å². The van der Waals surface area contributed by atoms with Crippen LogP contribution in [0.3, 0.4) is 0 Å². The van der Waals surface area contributed by atoms with Crippen molar-refractivity contribution in [3.05, 3.63) is 23.0 Å². The lowest BCUT2D eigenvalue weighted by Gasteiger charge is -2.17. The summed E-state index contributed by atoms with van der Waals surface area (Å²) in [5.74, 6) is 0.0970. The molecule has 0 aliphatic rings. The molecule has 0 bridgehead atoms. The number of rotatable bonds is 4. The van der Waals surface area contributed by atoms with Crippen LogP contribution >= 0.6 is 11.3 Å². The highest BCUT2D eigenvalue weighted by molar-refractivity contribution is 7.18. The fourth-order valence-electron chi connectivity index (χ4n) is 2.16. The van der Waals surface area contributed by atoms with Crippen LogP contribution in [0, 0.1) is 0 Å². The van der Waals surface area contributed by atoms with Gasteiger partial charge in [0.2, 0.25) is 0 Å². The maximum absolute atomic E-state index is 9.83. The summed E-state index contributed by atoms with van der Waals surface area (Å²) in [7, 11) is 0. The van der Waals surface area contributed by atoms with Gasteiger partial charge in [-0.1, -0.05) is 13.8 Å². The first-order chi connectivity index (χ1) is 8.17. The van der Waals surface area contributed by atoms with Crippen LogP contribution in [-0.4, -0.2) is 21.2 Å². The topological polar surface area (TPSA) is 46.0 Å². The number of aromatic nitrogens is 2. The van der Waals surface area contributed by atoms with E-state index in [4.69, 9.17) is 0 Å². The Hall–Kier alpha value is -1.00. The molecule has 0 saturated carbocycles. The minimum absolute atomic E-state index is 0.0970. The Morgan fingerprint density at radius 1 is 1.35 bits per heavy atom. The first-order valence-corrected chi connectivity index (χ1v) is 6.90. The molecular formula is C13H18N2OS. The highest BCUT2D eigenvalue weighted by atomic mass is 32.1. The predicted octanol–water partition coefficient (Wildman–Crippen LogP) is 3.13. The molecule has 1 N–H and O–H groups in total. The molecule has 2 aromatic heterocycles. The van der Waals surface area contributed by atoms with Crippen molar-refractivity contribution in [2.75, 3.05) is 0 Å². The second-order valence-corrected chi connectivity index (χ2v) is 5.41. The number of aliphatic hydroxyl groups is 1. The fraction of sp³-hybridized carbons (Fsp3) is 0.538. The molecule has 0 aliphatic carbocycles. The van der Waals surface area contributed by atoms with Crippen molar-refractivity contribution in [1.82, 2.24) is 9.97 Å². The van der Waals surface area contributed by atoms with Crippen LogP contribution in [-0.2, 0) is 6.42 Å². The van der Waals surface area contributed by atoms with Crippen molar-refractivity contribution in [2.24, 2.45) is 0 Å². The molecule has 92 valence electrons. The summed E-state index contributed by atoms with van der Waals surface area (Å²) in [6.45, 7) is 6.05. The molecule has 2 aromatic rings. The van der Waals surface area contributed by atoms with E-state index in [9.17, 15) is 5.11 Å². The molecule has 17 heavy (non-hydrogen) atoms. The molecule has 0 aromatic carbocycles. The lowest BCUT2D eigenvalue weighted by Crippen LogP contribution is -2.15. The zero-order chi connectivity index (χ0) is 12.4. The van der Waals surface area contributed by atoms with Gasteiger partial charge in [0.1, 0.15) is 11.2 Å². The molecule has 4 heteroatoms. The van der Waals surface area contributed by atoms with Crippen LogP contribution in [0.5, 0.6) is 0 Å². The van der Waals surface area contributed by atoms with Crippen molar-refractivity contribution >= 4 is 21.6 Å². The Bertz CT molecular complexity index is 507. The maximum Gasteiger partial charge on any atom is 0.127 e. The summed E-state index contributed by atoms with van der Waals surface area (Å²) in [4.78, 5) is 11.0. The van der Waals surface area contributed by atoms with E-state index < -0.39 is 0 Å². The highest BCUT2D eigenvalue weighted by Gasteiger charge is 2.20. The van der Waals surface area contributed by atoms with E-state index >= 15 is 0 Å². The smallest absolute Gasteiger partial charge is 0.127 e. The van der Waals surface area contributed by atoms with Gasteiger partial charge in [-0.15, -0.1) is 11.3 Å². The summed E-state index contributed by atoms with van der Waals surface area (Å²) in [5.41, 5.74) is 0.989. The molecule has 2 heterocycles. The molecule has 2 rings (SSSR count). The molecule has 0 saturated heterocycles. The van der Waals surface area contributed by atoms with Crippen molar-refractivity contribution in [1.29, 1.82) is 0 Å². The molecule has 0 amide bonds. The van der Waals surface area contributed by atoms with E-state index in [2.05, 4.69) is 29.9 Å². The molecule has 2 unspecified atom stereocenters. The van der Waals surface area contributed by atoms with Gasteiger partial charge in [-0.05, 0) is 25.8 Å². The van der Waals surface area contributed by atoms with Gasteiger partial charge in [0.15, 0.2) is 0 Å². The van der Waals surface area contributed by atoms with Crippen LogP contribution in [0.15, 0.2) is 12.4 Å². The van der Waals surface area contributed by atoms with Gasteiger partial charge < -0.3 is 5.11 Å². The van der Waals surface area contributed by atoms with Crippen LogP contribution in [0.25, 0.3) is 10.2 Å². The Morgan fingerprint density at radius 3 is 2.71 bits per heavy atom. The van der Waals surface area contributed by atoms with E-state index in [0.29, 0.717) is 0 Å². The molecule has 0 aliphatic heterocycles. The van der Waals surface area contributed by atoms with E-state index in [-0.39, 0.29) is 12.0 Å². The number of hydrogen-bond acceptors (Lipinski definition) is 4. The number of fused-ring (bicyclic) bond motifs is 1. The number of aliphatic hydroxyl groups excluding tert-OH is 1.